The third-order valence-electron chi connectivity index (χ3n) is 4.56. The smallest absolute Gasteiger partial charge is 0.191 e. The van der Waals surface area contributed by atoms with Crippen LogP contribution in [0.5, 0.6) is 0 Å². The lowest BCUT2D eigenvalue weighted by Gasteiger charge is -2.24. The number of nitrogens with one attached hydrogen (secondary N) is 2. The van der Waals surface area contributed by atoms with Gasteiger partial charge in [0.2, 0.25) is 0 Å². The van der Waals surface area contributed by atoms with Crippen LogP contribution in [0.25, 0.3) is 0 Å². The van der Waals surface area contributed by atoms with Crippen LogP contribution in [0.2, 0.25) is 0 Å². The molecular weight excluding hydrogens is 298 g/mol. The minimum Gasteiger partial charge on any atom is -0.381 e. The maximum absolute atomic E-state index is 5.72. The third kappa shape index (κ3) is 7.82. The monoisotopic (exact) mass is 331 g/mol. The summed E-state index contributed by atoms with van der Waals surface area (Å²) >= 11 is 0. The van der Waals surface area contributed by atoms with Gasteiger partial charge in [-0.2, -0.15) is 0 Å². The molecule has 1 fully saturated rings. The molecule has 4 nitrogen and oxygen atoms in total. The molecule has 0 atom stereocenters. The molecular formula is C20H33N3O. The number of rotatable bonds is 9. The van der Waals surface area contributed by atoms with Gasteiger partial charge in [0.25, 0.3) is 0 Å². The Bertz CT molecular complexity index is 455. The van der Waals surface area contributed by atoms with Crippen LogP contribution in [0.15, 0.2) is 35.3 Å². The van der Waals surface area contributed by atoms with Gasteiger partial charge in [-0.15, -0.1) is 0 Å². The van der Waals surface area contributed by atoms with E-state index in [1.165, 1.54) is 37.7 Å². The Labute approximate surface area is 147 Å². The van der Waals surface area contributed by atoms with Crippen molar-refractivity contribution in [3.8, 4) is 0 Å². The van der Waals surface area contributed by atoms with E-state index in [0.29, 0.717) is 6.04 Å². The molecule has 1 saturated carbocycles. The summed E-state index contributed by atoms with van der Waals surface area (Å²) in [5, 5.41) is 6.96. The van der Waals surface area contributed by atoms with Gasteiger partial charge in [0.1, 0.15) is 0 Å². The highest BCUT2D eigenvalue weighted by Gasteiger charge is 2.13. The Morgan fingerprint density at radius 2 is 1.88 bits per heavy atom. The van der Waals surface area contributed by atoms with Crippen molar-refractivity contribution >= 4 is 5.96 Å². The summed E-state index contributed by atoms with van der Waals surface area (Å²) in [7, 11) is 1.85. The van der Waals surface area contributed by atoms with E-state index in [1.54, 1.807) is 0 Å². The van der Waals surface area contributed by atoms with Gasteiger partial charge in [0.15, 0.2) is 5.96 Å². The van der Waals surface area contributed by atoms with Gasteiger partial charge in [0.05, 0.1) is 6.61 Å². The summed E-state index contributed by atoms with van der Waals surface area (Å²) in [6.45, 7) is 2.60. The zero-order valence-electron chi connectivity index (χ0n) is 15.1. The van der Waals surface area contributed by atoms with Crippen molar-refractivity contribution in [2.45, 2.75) is 57.4 Å². The molecule has 0 amide bonds. The Kier molecular flexibility index (Phi) is 9.32. The summed E-state index contributed by atoms with van der Waals surface area (Å²) < 4.78 is 5.72. The van der Waals surface area contributed by atoms with Crippen LogP contribution in [0.3, 0.4) is 0 Å². The standard InChI is InChI=1S/C20H33N3O/c1-21-20(23-19-12-6-3-7-13-19)22-15-8-9-16-24-17-14-18-10-4-2-5-11-18/h2,4-5,10-11,19H,3,6-9,12-17H2,1H3,(H2,21,22,23). The largest absolute Gasteiger partial charge is 0.381 e. The van der Waals surface area contributed by atoms with Gasteiger partial charge in [-0.1, -0.05) is 49.6 Å². The van der Waals surface area contributed by atoms with Crippen LogP contribution < -0.4 is 10.6 Å². The van der Waals surface area contributed by atoms with Crippen LogP contribution in [0.1, 0.15) is 50.5 Å². The lowest BCUT2D eigenvalue weighted by molar-refractivity contribution is 0.133. The minimum atomic E-state index is 0.603. The second-order valence-electron chi connectivity index (χ2n) is 6.53. The quantitative estimate of drug-likeness (QED) is 0.413. The molecule has 24 heavy (non-hydrogen) atoms. The Balaban J connectivity index is 1.45. The summed E-state index contributed by atoms with van der Waals surface area (Å²) in [4.78, 5) is 4.33. The first-order valence-corrected chi connectivity index (χ1v) is 9.47. The van der Waals surface area contributed by atoms with E-state index in [1.807, 2.05) is 13.1 Å². The number of hydrogen-bond donors (Lipinski definition) is 2. The summed E-state index contributed by atoms with van der Waals surface area (Å²) in [5.74, 6) is 0.951. The average molecular weight is 332 g/mol. The van der Waals surface area contributed by atoms with Gasteiger partial charge >= 0.3 is 0 Å². The van der Waals surface area contributed by atoms with Crippen LogP contribution in [-0.2, 0) is 11.2 Å². The van der Waals surface area contributed by atoms with Crippen molar-refractivity contribution in [2.24, 2.45) is 4.99 Å². The molecule has 0 heterocycles. The van der Waals surface area contributed by atoms with Crippen LogP contribution in [0.4, 0.5) is 0 Å². The Morgan fingerprint density at radius 3 is 2.62 bits per heavy atom. The molecule has 0 unspecified atom stereocenters. The molecule has 1 aliphatic carbocycles. The van der Waals surface area contributed by atoms with E-state index < -0.39 is 0 Å². The van der Waals surface area contributed by atoms with Crippen molar-refractivity contribution in [1.82, 2.24) is 10.6 Å². The Hall–Kier alpha value is -1.55. The maximum Gasteiger partial charge on any atom is 0.191 e. The van der Waals surface area contributed by atoms with E-state index >= 15 is 0 Å². The SMILES string of the molecule is CN=C(NCCCCOCCc1ccccc1)NC1CCCCC1. The molecule has 0 bridgehead atoms. The van der Waals surface area contributed by atoms with Crippen LogP contribution in [-0.4, -0.2) is 38.8 Å². The molecule has 0 aromatic heterocycles. The highest BCUT2D eigenvalue weighted by Crippen LogP contribution is 2.17. The fraction of sp³-hybridized carbons (Fsp3) is 0.650. The number of benzene rings is 1. The number of ether oxygens (including phenoxy) is 1. The normalized spacial score (nSPS) is 16.1. The second-order valence-corrected chi connectivity index (χ2v) is 6.53. The molecule has 1 aromatic rings. The lowest BCUT2D eigenvalue weighted by Crippen LogP contribution is -2.44. The predicted octanol–water partition coefficient (Wildman–Crippen LogP) is 3.52. The zero-order chi connectivity index (χ0) is 16.9. The summed E-state index contributed by atoms with van der Waals surface area (Å²) in [5.41, 5.74) is 1.34. The molecule has 0 radical (unpaired) electrons. The van der Waals surface area contributed by atoms with Crippen LogP contribution >= 0.6 is 0 Å². The number of hydrogen-bond acceptors (Lipinski definition) is 2. The van der Waals surface area contributed by atoms with Crippen LogP contribution in [0, 0.1) is 0 Å². The third-order valence-corrected chi connectivity index (χ3v) is 4.56. The van der Waals surface area contributed by atoms with Crippen molar-refractivity contribution < 1.29 is 4.74 Å². The predicted molar refractivity (Wildman–Crippen MR) is 102 cm³/mol. The second kappa shape index (κ2) is 11.9. The van der Waals surface area contributed by atoms with Gasteiger partial charge < -0.3 is 15.4 Å². The highest BCUT2D eigenvalue weighted by atomic mass is 16.5. The molecule has 4 heteroatoms. The number of guanidine groups is 1. The molecule has 134 valence electrons. The molecule has 1 aromatic carbocycles. The van der Waals surface area contributed by atoms with E-state index in [9.17, 15) is 0 Å². The minimum absolute atomic E-state index is 0.603. The Morgan fingerprint density at radius 1 is 1.08 bits per heavy atom. The molecule has 0 spiro atoms. The zero-order valence-corrected chi connectivity index (χ0v) is 15.1. The van der Waals surface area contributed by atoms with Crippen molar-refractivity contribution in [3.05, 3.63) is 35.9 Å². The van der Waals surface area contributed by atoms with E-state index in [0.717, 1.165) is 45.0 Å². The van der Waals surface area contributed by atoms with Crippen molar-refractivity contribution in [3.63, 3.8) is 0 Å². The molecule has 2 N–H and O–H groups in total. The van der Waals surface area contributed by atoms with Crippen molar-refractivity contribution in [2.75, 3.05) is 26.8 Å². The van der Waals surface area contributed by atoms with Gasteiger partial charge in [-0.3, -0.25) is 4.99 Å². The molecule has 0 saturated heterocycles. The molecule has 1 aliphatic rings. The lowest BCUT2D eigenvalue weighted by atomic mass is 9.96. The fourth-order valence-electron chi connectivity index (χ4n) is 3.11. The van der Waals surface area contributed by atoms with Crippen molar-refractivity contribution in [1.29, 1.82) is 0 Å². The van der Waals surface area contributed by atoms with E-state index in [2.05, 4.69) is 39.9 Å². The topological polar surface area (TPSA) is 45.7 Å². The van der Waals surface area contributed by atoms with Gasteiger partial charge in [-0.25, -0.2) is 0 Å². The average Bonchev–Trinajstić information content (AvgIpc) is 2.64. The maximum atomic E-state index is 5.72. The number of nitrogens with zero attached hydrogens (tertiary/aromatic N) is 1. The first-order valence-electron chi connectivity index (χ1n) is 9.47. The van der Waals surface area contributed by atoms with Gasteiger partial charge in [-0.05, 0) is 37.7 Å². The first-order chi connectivity index (χ1) is 11.9. The first kappa shape index (κ1) is 18.8. The fourth-order valence-corrected chi connectivity index (χ4v) is 3.11. The van der Waals surface area contributed by atoms with Gasteiger partial charge in [0, 0.05) is 26.2 Å². The van der Waals surface area contributed by atoms with E-state index in [-0.39, 0.29) is 0 Å². The van der Waals surface area contributed by atoms with E-state index in [4.69, 9.17) is 4.74 Å². The molecule has 0 aliphatic heterocycles. The molecule has 2 rings (SSSR count). The number of aliphatic imine (C=N–C) groups is 1. The summed E-state index contributed by atoms with van der Waals surface area (Å²) in [6.07, 6.45) is 9.81. The highest BCUT2D eigenvalue weighted by molar-refractivity contribution is 5.79. The summed E-state index contributed by atoms with van der Waals surface area (Å²) in [6, 6.07) is 11.1. The number of unbranched alkanes of at least 4 members (excludes halogenated alkanes) is 1.